The standard InChI is InChI=1S/C10H6N2/c11-5-9-7-12-6-8-3-1-2-4-10(8)9/h1-4,6-7H. The third kappa shape index (κ3) is 0.923. The van der Waals surface area contributed by atoms with Crippen LogP contribution in [-0.4, -0.2) is 4.98 Å². The number of benzene rings is 1. The molecule has 0 radical (unpaired) electrons. The van der Waals surface area contributed by atoms with Gasteiger partial charge in [0.05, 0.1) is 5.56 Å². The maximum atomic E-state index is 8.75. The Morgan fingerprint density at radius 2 is 2.00 bits per heavy atom. The van der Waals surface area contributed by atoms with E-state index >= 15 is 0 Å². The molecule has 0 bridgehead atoms. The van der Waals surface area contributed by atoms with Crippen molar-refractivity contribution in [1.82, 2.24) is 4.98 Å². The quantitative estimate of drug-likeness (QED) is 0.582. The highest BCUT2D eigenvalue weighted by atomic mass is 14.6. The fraction of sp³-hybridized carbons (Fsp3) is 0. The average molecular weight is 154 g/mol. The molecule has 2 nitrogen and oxygen atoms in total. The van der Waals surface area contributed by atoms with Gasteiger partial charge in [-0.15, -0.1) is 0 Å². The van der Waals surface area contributed by atoms with Crippen molar-refractivity contribution in [2.24, 2.45) is 0 Å². The minimum atomic E-state index is 0.633. The molecule has 0 spiro atoms. The second-order valence-corrected chi connectivity index (χ2v) is 2.52. The van der Waals surface area contributed by atoms with Crippen LogP contribution in [0.25, 0.3) is 10.8 Å². The first-order valence-electron chi connectivity index (χ1n) is 3.64. The van der Waals surface area contributed by atoms with E-state index in [1.807, 2.05) is 24.3 Å². The van der Waals surface area contributed by atoms with Gasteiger partial charge in [-0.3, -0.25) is 4.98 Å². The average Bonchev–Trinajstić information content (AvgIpc) is 2.17. The lowest BCUT2D eigenvalue weighted by Gasteiger charge is -1.96. The van der Waals surface area contributed by atoms with Crippen molar-refractivity contribution in [1.29, 1.82) is 5.26 Å². The van der Waals surface area contributed by atoms with Crippen LogP contribution >= 0.6 is 0 Å². The van der Waals surface area contributed by atoms with E-state index in [0.717, 1.165) is 10.8 Å². The highest BCUT2D eigenvalue weighted by molar-refractivity contribution is 5.86. The molecular weight excluding hydrogens is 148 g/mol. The maximum Gasteiger partial charge on any atom is 0.101 e. The Kier molecular flexibility index (Phi) is 1.49. The van der Waals surface area contributed by atoms with Gasteiger partial charge in [0.2, 0.25) is 0 Å². The Hall–Kier alpha value is -1.88. The van der Waals surface area contributed by atoms with E-state index in [1.54, 1.807) is 12.4 Å². The summed E-state index contributed by atoms with van der Waals surface area (Å²) in [5, 5.41) is 10.7. The summed E-state index contributed by atoms with van der Waals surface area (Å²) in [7, 11) is 0. The summed E-state index contributed by atoms with van der Waals surface area (Å²) < 4.78 is 0. The van der Waals surface area contributed by atoms with Gasteiger partial charge in [0.15, 0.2) is 0 Å². The Morgan fingerprint density at radius 1 is 1.17 bits per heavy atom. The van der Waals surface area contributed by atoms with E-state index in [9.17, 15) is 0 Å². The molecule has 0 aliphatic heterocycles. The summed E-state index contributed by atoms with van der Waals surface area (Å²) in [5.41, 5.74) is 0.633. The molecule has 0 fully saturated rings. The molecule has 0 amide bonds. The minimum absolute atomic E-state index is 0.633. The van der Waals surface area contributed by atoms with Crippen molar-refractivity contribution >= 4 is 10.8 Å². The van der Waals surface area contributed by atoms with E-state index in [1.165, 1.54) is 0 Å². The van der Waals surface area contributed by atoms with Crippen LogP contribution in [-0.2, 0) is 0 Å². The van der Waals surface area contributed by atoms with Gasteiger partial charge in [0.1, 0.15) is 6.07 Å². The molecule has 1 aromatic heterocycles. The lowest BCUT2D eigenvalue weighted by atomic mass is 10.1. The molecule has 2 aromatic rings. The molecule has 56 valence electrons. The molecule has 1 aromatic carbocycles. The van der Waals surface area contributed by atoms with Crippen molar-refractivity contribution < 1.29 is 0 Å². The number of aromatic nitrogens is 1. The molecule has 1 heterocycles. The third-order valence-electron chi connectivity index (χ3n) is 1.79. The molecular formula is C10H6N2. The summed E-state index contributed by atoms with van der Waals surface area (Å²) in [6.07, 6.45) is 3.35. The normalized spacial score (nSPS) is 9.58. The van der Waals surface area contributed by atoms with Crippen LogP contribution in [0.4, 0.5) is 0 Å². The van der Waals surface area contributed by atoms with Gasteiger partial charge in [-0.2, -0.15) is 5.26 Å². The van der Waals surface area contributed by atoms with Gasteiger partial charge >= 0.3 is 0 Å². The summed E-state index contributed by atoms with van der Waals surface area (Å²) >= 11 is 0. The van der Waals surface area contributed by atoms with E-state index < -0.39 is 0 Å². The molecule has 0 aliphatic rings. The number of fused-ring (bicyclic) bond motifs is 1. The molecule has 0 saturated heterocycles. The first-order valence-corrected chi connectivity index (χ1v) is 3.64. The first kappa shape index (κ1) is 6.81. The number of hydrogen-bond acceptors (Lipinski definition) is 2. The van der Waals surface area contributed by atoms with Gasteiger partial charge in [-0.1, -0.05) is 24.3 Å². The molecule has 12 heavy (non-hydrogen) atoms. The summed E-state index contributed by atoms with van der Waals surface area (Å²) in [4.78, 5) is 3.96. The highest BCUT2D eigenvalue weighted by Crippen LogP contribution is 2.15. The fourth-order valence-electron chi connectivity index (χ4n) is 1.21. The summed E-state index contributed by atoms with van der Waals surface area (Å²) in [5.74, 6) is 0. The van der Waals surface area contributed by atoms with Crippen molar-refractivity contribution in [3.8, 4) is 6.07 Å². The van der Waals surface area contributed by atoms with Gasteiger partial charge < -0.3 is 0 Å². The van der Waals surface area contributed by atoms with Crippen LogP contribution in [0, 0.1) is 11.3 Å². The Labute approximate surface area is 70.1 Å². The fourth-order valence-corrected chi connectivity index (χ4v) is 1.21. The summed E-state index contributed by atoms with van der Waals surface area (Å²) in [6.45, 7) is 0. The smallest absolute Gasteiger partial charge is 0.101 e. The van der Waals surface area contributed by atoms with Crippen LogP contribution < -0.4 is 0 Å². The van der Waals surface area contributed by atoms with Crippen LogP contribution in [0.1, 0.15) is 5.56 Å². The number of nitrogens with zero attached hydrogens (tertiary/aromatic N) is 2. The number of pyridine rings is 1. The van der Waals surface area contributed by atoms with Crippen molar-refractivity contribution in [2.45, 2.75) is 0 Å². The van der Waals surface area contributed by atoms with Gasteiger partial charge in [0.25, 0.3) is 0 Å². The lowest BCUT2D eigenvalue weighted by molar-refractivity contribution is 1.34. The van der Waals surface area contributed by atoms with Gasteiger partial charge in [0, 0.05) is 23.2 Å². The van der Waals surface area contributed by atoms with E-state index in [2.05, 4.69) is 11.1 Å². The number of rotatable bonds is 0. The van der Waals surface area contributed by atoms with Crippen LogP contribution in [0.3, 0.4) is 0 Å². The molecule has 2 heteroatoms. The van der Waals surface area contributed by atoms with E-state index in [-0.39, 0.29) is 0 Å². The maximum absolute atomic E-state index is 8.75. The van der Waals surface area contributed by atoms with Crippen molar-refractivity contribution in [3.63, 3.8) is 0 Å². The highest BCUT2D eigenvalue weighted by Gasteiger charge is 1.97. The number of hydrogen-bond donors (Lipinski definition) is 0. The molecule has 0 unspecified atom stereocenters. The predicted molar refractivity (Wildman–Crippen MR) is 46.5 cm³/mol. The Balaban J connectivity index is 2.91. The summed E-state index contributed by atoms with van der Waals surface area (Å²) in [6, 6.07) is 9.84. The minimum Gasteiger partial charge on any atom is -0.263 e. The van der Waals surface area contributed by atoms with E-state index in [0.29, 0.717) is 5.56 Å². The zero-order valence-corrected chi connectivity index (χ0v) is 6.36. The molecule has 2 rings (SSSR count). The van der Waals surface area contributed by atoms with Gasteiger partial charge in [-0.05, 0) is 0 Å². The molecule has 0 atom stereocenters. The van der Waals surface area contributed by atoms with Gasteiger partial charge in [-0.25, -0.2) is 0 Å². The second-order valence-electron chi connectivity index (χ2n) is 2.52. The zero-order chi connectivity index (χ0) is 8.39. The second kappa shape index (κ2) is 2.63. The SMILES string of the molecule is N#Cc1cncc2ccccc12. The van der Waals surface area contributed by atoms with E-state index in [4.69, 9.17) is 5.26 Å². The Bertz CT molecular complexity index is 449. The van der Waals surface area contributed by atoms with Crippen molar-refractivity contribution in [3.05, 3.63) is 42.2 Å². The topological polar surface area (TPSA) is 36.7 Å². The predicted octanol–water partition coefficient (Wildman–Crippen LogP) is 2.11. The lowest BCUT2D eigenvalue weighted by Crippen LogP contribution is -1.80. The molecule has 0 N–H and O–H groups in total. The van der Waals surface area contributed by atoms with Crippen molar-refractivity contribution in [2.75, 3.05) is 0 Å². The Morgan fingerprint density at radius 3 is 2.83 bits per heavy atom. The zero-order valence-electron chi connectivity index (χ0n) is 6.36. The monoisotopic (exact) mass is 154 g/mol. The molecule has 0 saturated carbocycles. The van der Waals surface area contributed by atoms with Crippen LogP contribution in [0.5, 0.6) is 0 Å². The largest absolute Gasteiger partial charge is 0.263 e. The van der Waals surface area contributed by atoms with Crippen LogP contribution in [0.15, 0.2) is 36.7 Å². The van der Waals surface area contributed by atoms with Crippen LogP contribution in [0.2, 0.25) is 0 Å². The number of nitriles is 1. The molecule has 0 aliphatic carbocycles. The first-order chi connectivity index (χ1) is 5.92. The third-order valence-corrected chi connectivity index (χ3v) is 1.79.